The van der Waals surface area contributed by atoms with Gasteiger partial charge in [0.25, 0.3) is 0 Å². The number of fused-ring (bicyclic) bond motifs is 7. The number of aryl methyl sites for hydroxylation is 2. The fraction of sp³-hybridized carbons (Fsp3) is 0.105. The highest BCUT2D eigenvalue weighted by Gasteiger charge is 2.18. The molecule has 0 radical (unpaired) electrons. The van der Waals surface area contributed by atoms with Crippen molar-refractivity contribution in [3.63, 3.8) is 0 Å². The van der Waals surface area contributed by atoms with Gasteiger partial charge in [-0.3, -0.25) is 14.6 Å². The van der Waals surface area contributed by atoms with E-state index in [1.165, 1.54) is 34.1 Å². The normalized spacial score (nSPS) is 15.8. The van der Waals surface area contributed by atoms with Crippen LogP contribution in [0.25, 0.3) is 33.8 Å². The standard InChI is InChI=1S/C19H11NO2/c21-17-7-11-3-6-14-13-5-2-10-1-4-12(10)16(13)9-20-19(14)15(11)8-18(17)22/h2-3,5-9H,1,4H2. The molecule has 3 nitrogen and oxygen atoms in total. The van der Waals surface area contributed by atoms with E-state index in [2.05, 4.69) is 17.1 Å². The summed E-state index contributed by atoms with van der Waals surface area (Å²) in [6.45, 7) is 0. The maximum absolute atomic E-state index is 11.7. The Kier molecular flexibility index (Phi) is 2.09. The molecule has 2 aliphatic carbocycles. The molecule has 104 valence electrons. The Morgan fingerprint density at radius 1 is 0.818 bits per heavy atom. The molecule has 1 heterocycles. The molecular weight excluding hydrogens is 274 g/mol. The van der Waals surface area contributed by atoms with Gasteiger partial charge in [-0.1, -0.05) is 24.3 Å². The lowest BCUT2D eigenvalue weighted by Crippen LogP contribution is -2.34. The average Bonchev–Trinajstić information content (AvgIpc) is 2.48. The minimum atomic E-state index is -0.473. The predicted molar refractivity (Wildman–Crippen MR) is 84.9 cm³/mol. The molecule has 0 aliphatic heterocycles. The Morgan fingerprint density at radius 2 is 1.64 bits per heavy atom. The van der Waals surface area contributed by atoms with Gasteiger partial charge in [-0.25, -0.2) is 0 Å². The Morgan fingerprint density at radius 3 is 2.45 bits per heavy atom. The highest BCUT2D eigenvalue weighted by atomic mass is 16.2. The monoisotopic (exact) mass is 285 g/mol. The van der Waals surface area contributed by atoms with Gasteiger partial charge >= 0.3 is 0 Å². The van der Waals surface area contributed by atoms with Crippen LogP contribution in [0, 0.1) is 0 Å². The number of carbonyl (C=O) groups excluding carboxylic acids is 2. The lowest BCUT2D eigenvalue weighted by atomic mass is 9.84. The van der Waals surface area contributed by atoms with Crippen molar-refractivity contribution in [3.8, 4) is 0 Å². The van der Waals surface area contributed by atoms with E-state index in [4.69, 9.17) is 0 Å². The Labute approximate surface area is 125 Å². The third kappa shape index (κ3) is 1.38. The molecule has 0 atom stereocenters. The summed E-state index contributed by atoms with van der Waals surface area (Å²) in [4.78, 5) is 27.8. The molecule has 3 aromatic rings. The van der Waals surface area contributed by atoms with Gasteiger partial charge in [0.1, 0.15) is 0 Å². The minimum absolute atomic E-state index is 0.464. The molecule has 2 aromatic carbocycles. The topological polar surface area (TPSA) is 47.0 Å². The van der Waals surface area contributed by atoms with Gasteiger partial charge in [-0.05, 0) is 46.7 Å². The summed E-state index contributed by atoms with van der Waals surface area (Å²) in [5, 5.41) is 4.94. The van der Waals surface area contributed by atoms with Crippen LogP contribution < -0.4 is 10.4 Å². The number of rotatable bonds is 0. The van der Waals surface area contributed by atoms with Gasteiger partial charge < -0.3 is 0 Å². The minimum Gasteiger partial charge on any atom is -0.286 e. The van der Waals surface area contributed by atoms with E-state index in [1.807, 2.05) is 18.3 Å². The zero-order valence-electron chi connectivity index (χ0n) is 11.7. The molecule has 5 rings (SSSR count). The van der Waals surface area contributed by atoms with E-state index >= 15 is 0 Å². The first-order valence-electron chi connectivity index (χ1n) is 7.36. The van der Waals surface area contributed by atoms with Crippen molar-refractivity contribution in [2.75, 3.05) is 0 Å². The van der Waals surface area contributed by atoms with Gasteiger partial charge in [-0.2, -0.15) is 0 Å². The van der Waals surface area contributed by atoms with Crippen molar-refractivity contribution in [1.82, 2.24) is 4.98 Å². The second-order valence-electron chi connectivity index (χ2n) is 5.90. The third-order valence-corrected chi connectivity index (χ3v) is 4.77. The van der Waals surface area contributed by atoms with Crippen LogP contribution in [-0.2, 0) is 22.4 Å². The third-order valence-electron chi connectivity index (χ3n) is 4.77. The van der Waals surface area contributed by atoms with Crippen LogP contribution in [0.2, 0.25) is 0 Å². The lowest BCUT2D eigenvalue weighted by Gasteiger charge is -2.21. The van der Waals surface area contributed by atoms with Crippen LogP contribution in [0.5, 0.6) is 0 Å². The van der Waals surface area contributed by atoms with Crippen LogP contribution in [0.15, 0.2) is 30.5 Å². The van der Waals surface area contributed by atoms with Gasteiger partial charge in [0, 0.05) is 22.2 Å². The first kappa shape index (κ1) is 11.8. The lowest BCUT2D eigenvalue weighted by molar-refractivity contribution is -0.129. The number of Topliss-reactive ketones (excluding diaryl/α,β-unsaturated/α-hetero) is 2. The molecule has 0 N–H and O–H groups in total. The van der Waals surface area contributed by atoms with Crippen molar-refractivity contribution in [2.24, 2.45) is 0 Å². The molecule has 0 unspecified atom stereocenters. The van der Waals surface area contributed by atoms with Crippen LogP contribution in [0.3, 0.4) is 0 Å². The zero-order chi connectivity index (χ0) is 14.8. The number of nitrogens with zero attached hydrogens (tertiary/aromatic N) is 1. The van der Waals surface area contributed by atoms with Gasteiger partial charge in [-0.15, -0.1) is 0 Å². The molecule has 0 saturated heterocycles. The average molecular weight is 285 g/mol. The van der Waals surface area contributed by atoms with Crippen molar-refractivity contribution >= 4 is 45.4 Å². The summed E-state index contributed by atoms with van der Waals surface area (Å²) in [6.07, 6.45) is 6.98. The highest BCUT2D eigenvalue weighted by molar-refractivity contribution is 6.57. The zero-order valence-corrected chi connectivity index (χ0v) is 11.7. The van der Waals surface area contributed by atoms with E-state index in [0.717, 1.165) is 34.2 Å². The van der Waals surface area contributed by atoms with Gasteiger partial charge in [0.05, 0.1) is 5.52 Å². The smallest absolute Gasteiger partial charge is 0.226 e. The molecular formula is C19H11NO2. The molecule has 2 aliphatic rings. The van der Waals surface area contributed by atoms with Crippen molar-refractivity contribution < 1.29 is 9.59 Å². The summed E-state index contributed by atoms with van der Waals surface area (Å²) in [5.41, 5.74) is 3.60. The van der Waals surface area contributed by atoms with Crippen molar-refractivity contribution in [2.45, 2.75) is 12.8 Å². The molecule has 0 fully saturated rings. The van der Waals surface area contributed by atoms with Crippen molar-refractivity contribution in [3.05, 3.63) is 52.0 Å². The summed E-state index contributed by atoms with van der Waals surface area (Å²) in [7, 11) is 0. The Balaban J connectivity index is 2.00. The van der Waals surface area contributed by atoms with Crippen LogP contribution in [-0.4, -0.2) is 16.6 Å². The number of aromatic nitrogens is 1. The summed E-state index contributed by atoms with van der Waals surface area (Å²) in [6, 6.07) is 8.23. The Bertz CT molecular complexity index is 1160. The molecule has 3 heteroatoms. The van der Waals surface area contributed by atoms with E-state index in [-0.39, 0.29) is 0 Å². The summed E-state index contributed by atoms with van der Waals surface area (Å²) < 4.78 is 0. The molecule has 22 heavy (non-hydrogen) atoms. The van der Waals surface area contributed by atoms with Gasteiger partial charge in [0.15, 0.2) is 0 Å². The van der Waals surface area contributed by atoms with Crippen molar-refractivity contribution in [1.29, 1.82) is 0 Å². The highest BCUT2D eigenvalue weighted by Crippen LogP contribution is 2.33. The van der Waals surface area contributed by atoms with E-state index in [1.54, 1.807) is 0 Å². The van der Waals surface area contributed by atoms with Crippen LogP contribution in [0.1, 0.15) is 11.1 Å². The quantitative estimate of drug-likeness (QED) is 0.460. The predicted octanol–water partition coefficient (Wildman–Crippen LogP) is 1.20. The fourth-order valence-corrected chi connectivity index (χ4v) is 3.51. The van der Waals surface area contributed by atoms with E-state index < -0.39 is 11.6 Å². The SMILES string of the molecule is O=C1C=c2ccc3c(ncc4c5c(ccc43)CC5)c2=CC1=O. The summed E-state index contributed by atoms with van der Waals surface area (Å²) in [5.74, 6) is -0.937. The number of pyridine rings is 1. The largest absolute Gasteiger partial charge is 0.286 e. The fourth-order valence-electron chi connectivity index (χ4n) is 3.51. The summed E-state index contributed by atoms with van der Waals surface area (Å²) >= 11 is 0. The van der Waals surface area contributed by atoms with E-state index in [9.17, 15) is 9.59 Å². The van der Waals surface area contributed by atoms with E-state index in [0.29, 0.717) is 0 Å². The number of ketones is 2. The van der Waals surface area contributed by atoms with Crippen LogP contribution in [0.4, 0.5) is 0 Å². The molecule has 0 saturated carbocycles. The van der Waals surface area contributed by atoms with Crippen LogP contribution >= 0.6 is 0 Å². The molecule has 0 spiro atoms. The second kappa shape index (κ2) is 3.89. The molecule has 0 bridgehead atoms. The molecule has 0 amide bonds. The first-order chi connectivity index (χ1) is 10.7. The molecule has 1 aromatic heterocycles. The number of benzene rings is 2. The number of hydrogen-bond acceptors (Lipinski definition) is 3. The first-order valence-corrected chi connectivity index (χ1v) is 7.36. The van der Waals surface area contributed by atoms with Gasteiger partial charge in [0.2, 0.25) is 11.6 Å². The Hall–Kier alpha value is -2.81. The number of carbonyl (C=O) groups is 2. The second-order valence-corrected chi connectivity index (χ2v) is 5.90. The number of hydrogen-bond donors (Lipinski definition) is 0. The maximum atomic E-state index is 11.7. The maximum Gasteiger partial charge on any atom is 0.226 e.